The number of halogens is 2. The van der Waals surface area contributed by atoms with Gasteiger partial charge in [0.15, 0.2) is 0 Å². The van der Waals surface area contributed by atoms with E-state index in [1.165, 1.54) is 16.9 Å². The highest BCUT2D eigenvalue weighted by Gasteiger charge is 2.10. The SMILES string of the molecule is CCc1ccc(NC(=O)Cc2csc(SCc3ccc(Cl)cc3Cl)n2)cc1. The third-order valence-electron chi connectivity index (χ3n) is 3.88. The molecule has 140 valence electrons. The van der Waals surface area contributed by atoms with Crippen LogP contribution < -0.4 is 5.32 Å². The normalized spacial score (nSPS) is 10.8. The molecule has 27 heavy (non-hydrogen) atoms. The highest BCUT2D eigenvalue weighted by atomic mass is 35.5. The number of rotatable bonds is 7. The molecule has 0 unspecified atom stereocenters. The molecule has 0 saturated heterocycles. The summed E-state index contributed by atoms with van der Waals surface area (Å²) in [6, 6.07) is 13.4. The van der Waals surface area contributed by atoms with Crippen molar-refractivity contribution in [3.63, 3.8) is 0 Å². The molecule has 2 aromatic carbocycles. The van der Waals surface area contributed by atoms with Crippen LogP contribution in [0.2, 0.25) is 10.0 Å². The summed E-state index contributed by atoms with van der Waals surface area (Å²) in [4.78, 5) is 16.8. The maximum Gasteiger partial charge on any atom is 0.230 e. The maximum atomic E-state index is 12.2. The molecule has 0 bridgehead atoms. The molecule has 0 aliphatic rings. The Morgan fingerprint density at radius 1 is 1.19 bits per heavy atom. The van der Waals surface area contributed by atoms with E-state index in [-0.39, 0.29) is 12.3 Å². The number of nitrogens with zero attached hydrogens (tertiary/aromatic N) is 1. The number of thiazole rings is 1. The summed E-state index contributed by atoms with van der Waals surface area (Å²) in [5.41, 5.74) is 3.83. The van der Waals surface area contributed by atoms with Gasteiger partial charge in [-0.25, -0.2) is 4.98 Å². The largest absolute Gasteiger partial charge is 0.326 e. The van der Waals surface area contributed by atoms with E-state index >= 15 is 0 Å². The molecule has 0 atom stereocenters. The zero-order valence-corrected chi connectivity index (χ0v) is 17.8. The van der Waals surface area contributed by atoms with E-state index in [0.717, 1.165) is 27.7 Å². The molecule has 0 saturated carbocycles. The third-order valence-corrected chi connectivity index (χ3v) is 6.59. The number of hydrogen-bond donors (Lipinski definition) is 1. The van der Waals surface area contributed by atoms with Crippen LogP contribution in [0.5, 0.6) is 0 Å². The lowest BCUT2D eigenvalue weighted by Crippen LogP contribution is -2.14. The predicted octanol–water partition coefficient (Wildman–Crippen LogP) is 6.49. The number of anilines is 1. The number of nitrogens with one attached hydrogen (secondary N) is 1. The van der Waals surface area contributed by atoms with Gasteiger partial charge in [-0.05, 0) is 41.8 Å². The predicted molar refractivity (Wildman–Crippen MR) is 116 cm³/mol. The van der Waals surface area contributed by atoms with E-state index in [1.807, 2.05) is 41.8 Å². The fourth-order valence-electron chi connectivity index (χ4n) is 2.41. The molecule has 3 aromatic rings. The number of hydrogen-bond acceptors (Lipinski definition) is 4. The van der Waals surface area contributed by atoms with Crippen LogP contribution in [0.25, 0.3) is 0 Å². The van der Waals surface area contributed by atoms with Gasteiger partial charge in [-0.1, -0.05) is 60.1 Å². The number of amides is 1. The highest BCUT2D eigenvalue weighted by Crippen LogP contribution is 2.30. The molecule has 0 aliphatic heterocycles. The van der Waals surface area contributed by atoms with Gasteiger partial charge in [-0.15, -0.1) is 11.3 Å². The summed E-state index contributed by atoms with van der Waals surface area (Å²) in [6.07, 6.45) is 1.24. The smallest absolute Gasteiger partial charge is 0.230 e. The van der Waals surface area contributed by atoms with E-state index in [2.05, 4.69) is 17.2 Å². The van der Waals surface area contributed by atoms with Gasteiger partial charge in [-0.2, -0.15) is 0 Å². The molecule has 0 aliphatic carbocycles. The molecule has 0 spiro atoms. The summed E-state index contributed by atoms with van der Waals surface area (Å²) in [7, 11) is 0. The number of carbonyl (C=O) groups excluding carboxylic acids is 1. The lowest BCUT2D eigenvalue weighted by molar-refractivity contribution is -0.115. The van der Waals surface area contributed by atoms with E-state index in [9.17, 15) is 4.79 Å². The van der Waals surface area contributed by atoms with Gasteiger partial charge in [0, 0.05) is 26.9 Å². The van der Waals surface area contributed by atoms with Crippen LogP contribution in [0.15, 0.2) is 52.2 Å². The average molecular weight is 437 g/mol. The molecular formula is C20H18Cl2N2OS2. The van der Waals surface area contributed by atoms with Gasteiger partial charge in [0.05, 0.1) is 12.1 Å². The number of benzene rings is 2. The van der Waals surface area contributed by atoms with E-state index < -0.39 is 0 Å². The van der Waals surface area contributed by atoms with Crippen molar-refractivity contribution < 1.29 is 4.79 Å². The Morgan fingerprint density at radius 3 is 2.67 bits per heavy atom. The molecule has 1 N–H and O–H groups in total. The summed E-state index contributed by atoms with van der Waals surface area (Å²) in [5, 5.41) is 6.11. The fourth-order valence-corrected chi connectivity index (χ4v) is 4.81. The summed E-state index contributed by atoms with van der Waals surface area (Å²) < 4.78 is 0.913. The van der Waals surface area contributed by atoms with Crippen molar-refractivity contribution in [2.45, 2.75) is 29.9 Å². The first-order valence-corrected chi connectivity index (χ1v) is 11.1. The third kappa shape index (κ3) is 5.98. The number of aromatic nitrogens is 1. The minimum absolute atomic E-state index is 0.0677. The molecule has 1 amide bonds. The summed E-state index contributed by atoms with van der Waals surface area (Å²) in [6.45, 7) is 2.10. The fraction of sp³-hybridized carbons (Fsp3) is 0.200. The second-order valence-corrected chi connectivity index (χ2v) is 8.83. The Labute approximate surface area is 177 Å². The number of carbonyl (C=O) groups is 1. The van der Waals surface area contributed by atoms with Crippen LogP contribution in [-0.4, -0.2) is 10.9 Å². The molecule has 7 heteroatoms. The van der Waals surface area contributed by atoms with Gasteiger partial charge in [0.2, 0.25) is 5.91 Å². The van der Waals surface area contributed by atoms with E-state index in [0.29, 0.717) is 15.8 Å². The van der Waals surface area contributed by atoms with Gasteiger partial charge in [-0.3, -0.25) is 4.79 Å². The highest BCUT2D eigenvalue weighted by molar-refractivity contribution is 8.00. The zero-order valence-electron chi connectivity index (χ0n) is 14.7. The van der Waals surface area contributed by atoms with Crippen molar-refractivity contribution in [2.24, 2.45) is 0 Å². The lowest BCUT2D eigenvalue weighted by atomic mass is 10.1. The molecule has 0 fully saturated rings. The number of thioether (sulfide) groups is 1. The van der Waals surface area contributed by atoms with Crippen molar-refractivity contribution >= 4 is 57.9 Å². The van der Waals surface area contributed by atoms with Gasteiger partial charge >= 0.3 is 0 Å². The lowest BCUT2D eigenvalue weighted by Gasteiger charge is -2.05. The second-order valence-electron chi connectivity index (χ2n) is 5.90. The van der Waals surface area contributed by atoms with Crippen molar-refractivity contribution in [2.75, 3.05) is 5.32 Å². The first kappa shape index (κ1) is 20.2. The van der Waals surface area contributed by atoms with Crippen LogP contribution in [0, 0.1) is 0 Å². The Balaban J connectivity index is 1.53. The van der Waals surface area contributed by atoms with Crippen LogP contribution in [0.4, 0.5) is 5.69 Å². The first-order valence-electron chi connectivity index (χ1n) is 8.43. The summed E-state index contributed by atoms with van der Waals surface area (Å²) in [5.74, 6) is 0.640. The minimum atomic E-state index is -0.0677. The topological polar surface area (TPSA) is 42.0 Å². The van der Waals surface area contributed by atoms with Crippen LogP contribution in [0.3, 0.4) is 0 Å². The molecule has 0 radical (unpaired) electrons. The van der Waals surface area contributed by atoms with E-state index in [1.54, 1.807) is 17.8 Å². The first-order chi connectivity index (χ1) is 13.0. The van der Waals surface area contributed by atoms with Crippen molar-refractivity contribution in [3.05, 3.63) is 74.7 Å². The van der Waals surface area contributed by atoms with E-state index in [4.69, 9.17) is 23.2 Å². The van der Waals surface area contributed by atoms with Crippen LogP contribution >= 0.6 is 46.3 Å². The van der Waals surface area contributed by atoms with Crippen molar-refractivity contribution in [3.8, 4) is 0 Å². The standard InChI is InChI=1S/C20H18Cl2N2OS2/c1-2-13-3-7-16(8-4-13)23-19(25)10-17-12-27-20(24-17)26-11-14-5-6-15(21)9-18(14)22/h3-9,12H,2,10-11H2,1H3,(H,23,25). The van der Waals surface area contributed by atoms with Gasteiger partial charge in [0.1, 0.15) is 4.34 Å². The Bertz CT molecular complexity index is 926. The molecule has 1 aromatic heterocycles. The van der Waals surface area contributed by atoms with Crippen molar-refractivity contribution in [1.82, 2.24) is 4.98 Å². The second kappa shape index (κ2) is 9.60. The molecule has 1 heterocycles. The zero-order chi connectivity index (χ0) is 19.2. The quantitative estimate of drug-likeness (QED) is 0.430. The van der Waals surface area contributed by atoms with Crippen LogP contribution in [-0.2, 0) is 23.4 Å². The maximum absolute atomic E-state index is 12.2. The number of aryl methyl sites for hydroxylation is 1. The molecular weight excluding hydrogens is 419 g/mol. The van der Waals surface area contributed by atoms with Gasteiger partial charge < -0.3 is 5.32 Å². The molecule has 3 rings (SSSR count). The Kier molecular flexibility index (Phi) is 7.19. The van der Waals surface area contributed by atoms with Crippen LogP contribution in [0.1, 0.15) is 23.7 Å². The Morgan fingerprint density at radius 2 is 1.96 bits per heavy atom. The molecule has 3 nitrogen and oxygen atoms in total. The van der Waals surface area contributed by atoms with Crippen molar-refractivity contribution in [1.29, 1.82) is 0 Å². The minimum Gasteiger partial charge on any atom is -0.326 e. The average Bonchev–Trinajstić information content (AvgIpc) is 3.09. The summed E-state index contributed by atoms with van der Waals surface area (Å²) >= 11 is 15.2. The van der Waals surface area contributed by atoms with Gasteiger partial charge in [0.25, 0.3) is 0 Å². The monoisotopic (exact) mass is 436 g/mol. The Hall–Kier alpha value is -1.53.